The number of nitrogens with one attached hydrogen (secondary N) is 1. The molecular weight excluding hydrogens is 719 g/mol. The molecule has 0 aliphatic heterocycles. The summed E-state index contributed by atoms with van der Waals surface area (Å²) in [4.78, 5) is 25.3. The van der Waals surface area contributed by atoms with Crippen LogP contribution in [0.2, 0.25) is 0 Å². The molecule has 0 saturated heterocycles. The number of likely N-dealkylation sites (N-methyl/N-ethyl adjacent to an activating group) is 1. The minimum atomic E-state index is -4.59. The van der Waals surface area contributed by atoms with E-state index in [4.69, 9.17) is 9.05 Å². The van der Waals surface area contributed by atoms with Gasteiger partial charge in [-0.15, -0.1) is 0 Å². The van der Waals surface area contributed by atoms with Crippen molar-refractivity contribution in [3.8, 4) is 0 Å². The number of allylic oxidation sites excluding steroid dienone is 3. The summed E-state index contributed by atoms with van der Waals surface area (Å²) in [5, 5.41) is 13.8. The van der Waals surface area contributed by atoms with E-state index in [1.807, 2.05) is 27.2 Å². The van der Waals surface area contributed by atoms with Crippen LogP contribution in [0.4, 0.5) is 0 Å². The Morgan fingerprint density at radius 2 is 0.982 bits per heavy atom. The van der Waals surface area contributed by atoms with Crippen molar-refractivity contribution in [1.29, 1.82) is 0 Å². The van der Waals surface area contributed by atoms with Gasteiger partial charge in [-0.1, -0.05) is 192 Å². The van der Waals surface area contributed by atoms with Crippen molar-refractivity contribution >= 4 is 13.7 Å². The predicted octanol–water partition coefficient (Wildman–Crippen LogP) is 12.7. The Morgan fingerprint density at radius 1 is 0.607 bits per heavy atom. The normalized spacial score (nSPS) is 14.5. The first kappa shape index (κ1) is 55.0. The summed E-state index contributed by atoms with van der Waals surface area (Å²) in [6.45, 7) is 4.65. The maximum absolute atomic E-state index is 12.9. The van der Waals surface area contributed by atoms with Crippen LogP contribution >= 0.6 is 7.82 Å². The molecule has 0 aromatic heterocycles. The monoisotopic (exact) mass is 813 g/mol. The maximum atomic E-state index is 12.9. The van der Waals surface area contributed by atoms with Crippen LogP contribution in [0.15, 0.2) is 24.3 Å². The summed E-state index contributed by atoms with van der Waals surface area (Å²) in [6, 6.07) is -0.887. The number of nitrogens with zero attached hydrogens (tertiary/aromatic N) is 1. The minimum Gasteiger partial charge on any atom is -0.756 e. The molecule has 0 aromatic carbocycles. The number of phosphoric acid groups is 1. The first-order valence-electron chi connectivity index (χ1n) is 23.7. The third-order valence-electron chi connectivity index (χ3n) is 10.7. The molecule has 0 aliphatic rings. The van der Waals surface area contributed by atoms with Crippen molar-refractivity contribution in [2.75, 3.05) is 40.9 Å². The number of carbonyl (C=O) groups is 1. The number of carbonyl (C=O) groups excluding carboxylic acids is 1. The summed E-state index contributed by atoms with van der Waals surface area (Å²) in [5.74, 6) is -0.205. The second-order valence-corrected chi connectivity index (χ2v) is 18.9. The Labute approximate surface area is 347 Å². The van der Waals surface area contributed by atoms with E-state index in [1.165, 1.54) is 148 Å². The number of quaternary nitrogens is 1. The zero-order valence-electron chi connectivity index (χ0n) is 37.6. The Hall–Kier alpha value is -1.02. The number of hydrogen-bond acceptors (Lipinski definition) is 6. The first-order valence-corrected chi connectivity index (χ1v) is 25.2. The SMILES string of the molecule is CCCCCCCC/C=C\CCCCCCCC(=O)NC(COP(=O)([O-])OCC[N+](C)(C)C)C(O)/C=C/CCCCCCCCCCCCCCCCCCC. The summed E-state index contributed by atoms with van der Waals surface area (Å²) in [6.07, 6.45) is 46.5. The molecule has 0 bridgehead atoms. The first-order chi connectivity index (χ1) is 27.0. The Kier molecular flexibility index (Phi) is 38.7. The molecule has 2 N–H and O–H groups in total. The fraction of sp³-hybridized carbons (Fsp3) is 0.894. The van der Waals surface area contributed by atoms with E-state index >= 15 is 0 Å². The number of hydrogen-bond donors (Lipinski definition) is 2. The van der Waals surface area contributed by atoms with Gasteiger partial charge in [0.25, 0.3) is 7.82 Å². The van der Waals surface area contributed by atoms with Gasteiger partial charge in [0, 0.05) is 6.42 Å². The van der Waals surface area contributed by atoms with Crippen LogP contribution in [0.25, 0.3) is 0 Å². The van der Waals surface area contributed by atoms with E-state index in [2.05, 4.69) is 31.3 Å². The summed E-state index contributed by atoms with van der Waals surface area (Å²) < 4.78 is 23.2. The van der Waals surface area contributed by atoms with E-state index in [1.54, 1.807) is 6.08 Å². The highest BCUT2D eigenvalue weighted by atomic mass is 31.2. The number of unbranched alkanes of at least 4 members (excludes halogenated alkanes) is 28. The van der Waals surface area contributed by atoms with Gasteiger partial charge < -0.3 is 28.8 Å². The lowest BCUT2D eigenvalue weighted by atomic mass is 10.0. The van der Waals surface area contributed by atoms with Crippen molar-refractivity contribution < 1.29 is 32.9 Å². The predicted molar refractivity (Wildman–Crippen MR) is 238 cm³/mol. The van der Waals surface area contributed by atoms with Crippen LogP contribution in [0.1, 0.15) is 219 Å². The molecule has 9 heteroatoms. The molecule has 0 spiro atoms. The van der Waals surface area contributed by atoms with E-state index < -0.39 is 20.0 Å². The molecule has 3 unspecified atom stereocenters. The number of aliphatic hydroxyl groups excluding tert-OH is 1. The highest BCUT2D eigenvalue weighted by molar-refractivity contribution is 7.45. The number of phosphoric ester groups is 1. The Bertz CT molecular complexity index is 969. The Balaban J connectivity index is 4.38. The molecule has 0 aromatic rings. The van der Waals surface area contributed by atoms with Gasteiger partial charge in [0.15, 0.2) is 0 Å². The fourth-order valence-corrected chi connectivity index (χ4v) is 7.58. The van der Waals surface area contributed by atoms with E-state index in [9.17, 15) is 19.4 Å². The lowest BCUT2D eigenvalue weighted by Crippen LogP contribution is -2.45. The van der Waals surface area contributed by atoms with Gasteiger partial charge in [0.05, 0.1) is 39.9 Å². The van der Waals surface area contributed by atoms with Crippen molar-refractivity contribution in [3.05, 3.63) is 24.3 Å². The zero-order chi connectivity index (χ0) is 41.4. The van der Waals surface area contributed by atoms with Gasteiger partial charge >= 0.3 is 0 Å². The maximum Gasteiger partial charge on any atom is 0.268 e. The second kappa shape index (κ2) is 39.4. The number of amides is 1. The van der Waals surface area contributed by atoms with Gasteiger partial charge in [0.1, 0.15) is 13.2 Å². The minimum absolute atomic E-state index is 0.00139. The molecule has 0 aliphatic carbocycles. The number of aliphatic hydroxyl groups is 1. The van der Waals surface area contributed by atoms with Gasteiger partial charge in [-0.3, -0.25) is 9.36 Å². The molecule has 0 rings (SSSR count). The quantitative estimate of drug-likeness (QED) is 0.0275. The standard InChI is InChI=1S/C47H93N2O6P/c1-6-8-10-12-14-16-18-20-22-23-24-25-27-28-30-32-34-36-38-40-46(50)45(44-55-56(52,53)54-43-42-49(3,4)5)48-47(51)41-39-37-35-33-31-29-26-21-19-17-15-13-11-9-7-2/h21,26,38,40,45-46,50H,6-20,22-25,27-37,39,41-44H2,1-5H3,(H-,48,51,52,53)/b26-21-,40-38+. The van der Waals surface area contributed by atoms with Crippen LogP contribution in [-0.4, -0.2) is 68.5 Å². The molecule has 0 saturated carbocycles. The highest BCUT2D eigenvalue weighted by Gasteiger charge is 2.23. The topological polar surface area (TPSA) is 108 Å². The van der Waals surface area contributed by atoms with Gasteiger partial charge in [0.2, 0.25) is 5.91 Å². The molecule has 0 heterocycles. The second-order valence-electron chi connectivity index (χ2n) is 17.5. The molecule has 0 radical (unpaired) electrons. The van der Waals surface area contributed by atoms with Crippen molar-refractivity contribution in [2.24, 2.45) is 0 Å². The highest BCUT2D eigenvalue weighted by Crippen LogP contribution is 2.38. The third-order valence-corrected chi connectivity index (χ3v) is 11.6. The smallest absolute Gasteiger partial charge is 0.268 e. The van der Waals surface area contributed by atoms with Gasteiger partial charge in [-0.05, 0) is 44.9 Å². The van der Waals surface area contributed by atoms with E-state index in [-0.39, 0.29) is 19.1 Å². The van der Waals surface area contributed by atoms with Crippen molar-refractivity contribution in [3.63, 3.8) is 0 Å². The molecule has 332 valence electrons. The van der Waals surface area contributed by atoms with Crippen molar-refractivity contribution in [2.45, 2.75) is 231 Å². The molecule has 3 atom stereocenters. The van der Waals surface area contributed by atoms with E-state index in [0.29, 0.717) is 17.4 Å². The number of rotatable bonds is 43. The summed E-state index contributed by atoms with van der Waals surface area (Å²) in [5.41, 5.74) is 0. The lowest BCUT2D eigenvalue weighted by molar-refractivity contribution is -0.870. The fourth-order valence-electron chi connectivity index (χ4n) is 6.85. The van der Waals surface area contributed by atoms with Gasteiger partial charge in [-0.2, -0.15) is 0 Å². The van der Waals surface area contributed by atoms with Gasteiger partial charge in [-0.25, -0.2) is 0 Å². The Morgan fingerprint density at radius 3 is 1.39 bits per heavy atom. The average Bonchev–Trinajstić information content (AvgIpc) is 3.15. The van der Waals surface area contributed by atoms with Crippen LogP contribution in [0.5, 0.6) is 0 Å². The molecule has 1 amide bonds. The molecule has 56 heavy (non-hydrogen) atoms. The lowest BCUT2D eigenvalue weighted by Gasteiger charge is -2.29. The molecular formula is C47H93N2O6P. The van der Waals surface area contributed by atoms with Crippen LogP contribution in [0.3, 0.4) is 0 Å². The van der Waals surface area contributed by atoms with Crippen LogP contribution in [0, 0.1) is 0 Å². The van der Waals surface area contributed by atoms with Crippen molar-refractivity contribution in [1.82, 2.24) is 5.32 Å². The summed E-state index contributed by atoms with van der Waals surface area (Å²) >= 11 is 0. The summed E-state index contributed by atoms with van der Waals surface area (Å²) in [7, 11) is 1.26. The zero-order valence-corrected chi connectivity index (χ0v) is 38.5. The average molecular weight is 813 g/mol. The van der Waals surface area contributed by atoms with Crippen LogP contribution < -0.4 is 10.2 Å². The van der Waals surface area contributed by atoms with Crippen LogP contribution in [-0.2, 0) is 18.4 Å². The van der Waals surface area contributed by atoms with E-state index in [0.717, 1.165) is 51.4 Å². The molecule has 0 fully saturated rings. The molecule has 8 nitrogen and oxygen atoms in total. The third kappa shape index (κ3) is 41.2. The largest absolute Gasteiger partial charge is 0.756 e.